The van der Waals surface area contributed by atoms with E-state index in [2.05, 4.69) is 0 Å². The Hall–Kier alpha value is -1.78. The predicted molar refractivity (Wildman–Crippen MR) is 101 cm³/mol. The van der Waals surface area contributed by atoms with Gasteiger partial charge >= 0.3 is 0 Å². The van der Waals surface area contributed by atoms with Crippen LogP contribution >= 0.6 is 23.2 Å². The first-order chi connectivity index (χ1) is 12.1. The van der Waals surface area contributed by atoms with E-state index in [0.717, 1.165) is 18.4 Å². The van der Waals surface area contributed by atoms with Crippen LogP contribution in [0.15, 0.2) is 30.3 Å². The van der Waals surface area contributed by atoms with Gasteiger partial charge in [0, 0.05) is 0 Å². The molecule has 2 rings (SSSR count). The molecule has 0 aromatic heterocycles. The summed E-state index contributed by atoms with van der Waals surface area (Å²) in [5, 5.41) is 1.06. The second-order valence-corrected chi connectivity index (χ2v) is 6.27. The van der Waals surface area contributed by atoms with Gasteiger partial charge in [0.05, 0.1) is 37.5 Å². The van der Waals surface area contributed by atoms with E-state index in [4.69, 9.17) is 42.1 Å². The van der Waals surface area contributed by atoms with Gasteiger partial charge < -0.3 is 18.9 Å². The summed E-state index contributed by atoms with van der Waals surface area (Å²) in [6, 6.07) is 9.19. The number of hydrogen-bond donors (Lipinski definition) is 0. The van der Waals surface area contributed by atoms with Gasteiger partial charge in [0.2, 0.25) is 5.75 Å². The van der Waals surface area contributed by atoms with E-state index < -0.39 is 0 Å². The van der Waals surface area contributed by atoms with Crippen molar-refractivity contribution in [3.05, 3.63) is 45.9 Å². The van der Waals surface area contributed by atoms with Gasteiger partial charge in [0.1, 0.15) is 0 Å². The van der Waals surface area contributed by atoms with Gasteiger partial charge in [-0.1, -0.05) is 29.3 Å². The summed E-state index contributed by atoms with van der Waals surface area (Å²) in [5.41, 5.74) is 1.00. The fraction of sp³-hybridized carbons (Fsp3) is 0.368. The Morgan fingerprint density at radius 1 is 0.800 bits per heavy atom. The van der Waals surface area contributed by atoms with E-state index in [0.29, 0.717) is 46.3 Å². The lowest BCUT2D eigenvalue weighted by Crippen LogP contribution is -2.05. The summed E-state index contributed by atoms with van der Waals surface area (Å²) < 4.78 is 22.1. The average Bonchev–Trinajstić information content (AvgIpc) is 2.59. The van der Waals surface area contributed by atoms with Crippen molar-refractivity contribution in [1.29, 1.82) is 0 Å². The SMILES string of the molecule is COc1cccc(OC)c1OCCCCOc1c(Cl)cc(C)cc1Cl. The van der Waals surface area contributed by atoms with Gasteiger partial charge in [-0.2, -0.15) is 0 Å². The predicted octanol–water partition coefficient (Wildman–Crippen LogP) is 5.56. The van der Waals surface area contributed by atoms with Gasteiger partial charge in [0.15, 0.2) is 17.2 Å². The molecule has 4 nitrogen and oxygen atoms in total. The van der Waals surface area contributed by atoms with Crippen molar-refractivity contribution < 1.29 is 18.9 Å². The quantitative estimate of drug-likeness (QED) is 0.530. The molecule has 2 aromatic carbocycles. The molecule has 0 saturated heterocycles. The first-order valence-electron chi connectivity index (χ1n) is 7.99. The average molecular weight is 385 g/mol. The van der Waals surface area contributed by atoms with Crippen molar-refractivity contribution in [3.8, 4) is 23.0 Å². The highest BCUT2D eigenvalue weighted by Gasteiger charge is 2.11. The standard InChI is InChI=1S/C19H22Cl2O4/c1-13-11-14(20)18(15(21)12-13)24-9-4-5-10-25-19-16(22-2)7-6-8-17(19)23-3/h6-8,11-12H,4-5,9-10H2,1-3H3. The zero-order chi connectivity index (χ0) is 18.2. The molecule has 6 heteroatoms. The number of para-hydroxylation sites is 1. The zero-order valence-electron chi connectivity index (χ0n) is 14.6. The molecule has 0 N–H and O–H groups in total. The van der Waals surface area contributed by atoms with Crippen LogP contribution in [0.1, 0.15) is 18.4 Å². The smallest absolute Gasteiger partial charge is 0.203 e. The molecule has 0 fully saturated rings. The number of hydrogen-bond acceptors (Lipinski definition) is 4. The van der Waals surface area contributed by atoms with Crippen LogP contribution in [-0.4, -0.2) is 27.4 Å². The summed E-state index contributed by atoms with van der Waals surface area (Å²) in [5.74, 6) is 2.43. The lowest BCUT2D eigenvalue weighted by Gasteiger charge is -2.14. The number of aryl methyl sites for hydroxylation is 1. The topological polar surface area (TPSA) is 36.9 Å². The highest BCUT2D eigenvalue weighted by Crippen LogP contribution is 2.37. The van der Waals surface area contributed by atoms with Crippen LogP contribution in [0.2, 0.25) is 10.0 Å². The highest BCUT2D eigenvalue weighted by atomic mass is 35.5. The van der Waals surface area contributed by atoms with Gasteiger partial charge in [0.25, 0.3) is 0 Å². The summed E-state index contributed by atoms with van der Waals surface area (Å²) in [6.45, 7) is 2.97. The Bertz CT molecular complexity index is 659. The van der Waals surface area contributed by atoms with E-state index in [1.54, 1.807) is 14.2 Å². The monoisotopic (exact) mass is 384 g/mol. The molecular weight excluding hydrogens is 363 g/mol. The van der Waals surface area contributed by atoms with Crippen LogP contribution in [0, 0.1) is 6.92 Å². The van der Waals surface area contributed by atoms with Gasteiger partial charge in [-0.25, -0.2) is 0 Å². The molecule has 25 heavy (non-hydrogen) atoms. The molecule has 0 heterocycles. The Morgan fingerprint density at radius 3 is 1.76 bits per heavy atom. The lowest BCUT2D eigenvalue weighted by atomic mass is 10.2. The number of halogens is 2. The van der Waals surface area contributed by atoms with Crippen LogP contribution in [0.25, 0.3) is 0 Å². The maximum absolute atomic E-state index is 6.16. The van der Waals surface area contributed by atoms with E-state index in [1.807, 2.05) is 37.3 Å². The third-order valence-electron chi connectivity index (χ3n) is 3.56. The molecule has 0 aliphatic heterocycles. The van der Waals surface area contributed by atoms with Gasteiger partial charge in [-0.05, 0) is 49.6 Å². The molecule has 0 radical (unpaired) electrons. The third kappa shape index (κ3) is 5.35. The number of unbranched alkanes of at least 4 members (excludes halogenated alkanes) is 1. The number of rotatable bonds is 9. The molecule has 136 valence electrons. The van der Waals surface area contributed by atoms with E-state index in [-0.39, 0.29) is 0 Å². The number of benzene rings is 2. The minimum absolute atomic E-state index is 0.509. The zero-order valence-corrected chi connectivity index (χ0v) is 16.1. The second-order valence-electron chi connectivity index (χ2n) is 5.45. The Kier molecular flexibility index (Phi) is 7.53. The Morgan fingerprint density at radius 2 is 1.28 bits per heavy atom. The minimum atomic E-state index is 0.509. The van der Waals surface area contributed by atoms with Crippen molar-refractivity contribution in [2.24, 2.45) is 0 Å². The van der Waals surface area contributed by atoms with Crippen molar-refractivity contribution in [3.63, 3.8) is 0 Å². The molecule has 2 aromatic rings. The molecule has 0 atom stereocenters. The third-order valence-corrected chi connectivity index (χ3v) is 4.12. The summed E-state index contributed by atoms with van der Waals surface area (Å²) in [7, 11) is 3.20. The second kappa shape index (κ2) is 9.64. The Balaban J connectivity index is 1.80. The van der Waals surface area contributed by atoms with Crippen LogP contribution in [0.3, 0.4) is 0 Å². The maximum atomic E-state index is 6.16. The normalized spacial score (nSPS) is 10.4. The van der Waals surface area contributed by atoms with Crippen molar-refractivity contribution >= 4 is 23.2 Å². The molecule has 0 bridgehead atoms. The van der Waals surface area contributed by atoms with Crippen LogP contribution in [0.5, 0.6) is 23.0 Å². The van der Waals surface area contributed by atoms with E-state index in [1.165, 1.54) is 0 Å². The summed E-state index contributed by atoms with van der Waals surface area (Å²) in [6.07, 6.45) is 1.61. The minimum Gasteiger partial charge on any atom is -0.493 e. The highest BCUT2D eigenvalue weighted by molar-refractivity contribution is 6.37. The van der Waals surface area contributed by atoms with Gasteiger partial charge in [-0.15, -0.1) is 0 Å². The van der Waals surface area contributed by atoms with Crippen molar-refractivity contribution in [2.75, 3.05) is 27.4 Å². The lowest BCUT2D eigenvalue weighted by molar-refractivity contribution is 0.249. The number of ether oxygens (including phenoxy) is 4. The van der Waals surface area contributed by atoms with Crippen LogP contribution in [0.4, 0.5) is 0 Å². The number of methoxy groups -OCH3 is 2. The van der Waals surface area contributed by atoms with E-state index in [9.17, 15) is 0 Å². The Labute approximate surface area is 158 Å². The van der Waals surface area contributed by atoms with E-state index >= 15 is 0 Å². The molecule has 0 saturated carbocycles. The largest absolute Gasteiger partial charge is 0.493 e. The van der Waals surface area contributed by atoms with Crippen LogP contribution in [-0.2, 0) is 0 Å². The van der Waals surface area contributed by atoms with Crippen molar-refractivity contribution in [1.82, 2.24) is 0 Å². The molecule has 0 unspecified atom stereocenters. The van der Waals surface area contributed by atoms with Crippen LogP contribution < -0.4 is 18.9 Å². The summed E-state index contributed by atoms with van der Waals surface area (Å²) in [4.78, 5) is 0. The molecule has 0 aliphatic rings. The first kappa shape index (κ1) is 19.5. The van der Waals surface area contributed by atoms with Crippen molar-refractivity contribution in [2.45, 2.75) is 19.8 Å². The molecule has 0 amide bonds. The maximum Gasteiger partial charge on any atom is 0.203 e. The fourth-order valence-electron chi connectivity index (χ4n) is 2.34. The molecular formula is C19H22Cl2O4. The molecule has 0 spiro atoms. The first-order valence-corrected chi connectivity index (χ1v) is 8.74. The summed E-state index contributed by atoms with van der Waals surface area (Å²) >= 11 is 12.3. The fourth-order valence-corrected chi connectivity index (χ4v) is 3.04. The molecule has 0 aliphatic carbocycles. The van der Waals surface area contributed by atoms with Gasteiger partial charge in [-0.3, -0.25) is 0 Å².